The van der Waals surface area contributed by atoms with E-state index in [1.54, 1.807) is 20.8 Å². The number of alkyl carbamates (subject to hydrolysis) is 1. The maximum atomic E-state index is 12.6. The molecule has 1 atom stereocenters. The number of rotatable bonds is 3. The second-order valence-corrected chi connectivity index (χ2v) is 5.33. The first kappa shape index (κ1) is 13.9. The second-order valence-electron chi connectivity index (χ2n) is 5.33. The molecule has 17 heavy (non-hydrogen) atoms. The van der Waals surface area contributed by atoms with Gasteiger partial charge in [-0.05, 0) is 26.7 Å². The number of aldehydes is 1. The Balaban J connectivity index is 2.43. The number of carbonyl (C=O) groups excluding carboxylic acids is 2. The number of hydrogen-bond acceptors (Lipinski definition) is 3. The van der Waals surface area contributed by atoms with Crippen LogP contribution in [0.3, 0.4) is 0 Å². The molecule has 1 aliphatic rings. The van der Waals surface area contributed by atoms with Crippen LogP contribution in [0, 0.1) is 5.92 Å². The van der Waals surface area contributed by atoms with Crippen molar-refractivity contribution in [3.8, 4) is 0 Å². The number of alkyl halides is 2. The number of nitrogens with one attached hydrogen (secondary N) is 1. The highest BCUT2D eigenvalue weighted by atomic mass is 19.3. The van der Waals surface area contributed by atoms with Gasteiger partial charge in [-0.15, -0.1) is 0 Å². The van der Waals surface area contributed by atoms with Crippen molar-refractivity contribution in [2.45, 2.75) is 51.2 Å². The summed E-state index contributed by atoms with van der Waals surface area (Å²) < 4.78 is 30.2. The van der Waals surface area contributed by atoms with E-state index in [1.165, 1.54) is 0 Å². The van der Waals surface area contributed by atoms with Crippen LogP contribution in [0.15, 0.2) is 0 Å². The molecule has 1 fully saturated rings. The molecule has 6 heteroatoms. The predicted octanol–water partition coefficient (Wildman–Crippen LogP) is 2.12. The summed E-state index contributed by atoms with van der Waals surface area (Å²) in [4.78, 5) is 22.1. The van der Waals surface area contributed by atoms with Gasteiger partial charge in [-0.3, -0.25) is 0 Å². The van der Waals surface area contributed by atoms with Crippen molar-refractivity contribution in [2.24, 2.45) is 5.92 Å². The predicted molar refractivity (Wildman–Crippen MR) is 56.9 cm³/mol. The average Bonchev–Trinajstić information content (AvgIpc) is 2.07. The van der Waals surface area contributed by atoms with E-state index < -0.39 is 29.6 Å². The minimum Gasteiger partial charge on any atom is -0.444 e. The van der Waals surface area contributed by atoms with Gasteiger partial charge in [0.1, 0.15) is 11.9 Å². The van der Waals surface area contributed by atoms with E-state index in [2.05, 4.69) is 5.32 Å². The fraction of sp³-hybridized carbons (Fsp3) is 0.818. The maximum absolute atomic E-state index is 12.6. The Bertz CT molecular complexity index is 304. The molecule has 0 spiro atoms. The topological polar surface area (TPSA) is 55.4 Å². The van der Waals surface area contributed by atoms with Gasteiger partial charge in [0, 0.05) is 12.8 Å². The highest BCUT2D eigenvalue weighted by molar-refractivity contribution is 5.73. The Hall–Kier alpha value is -1.20. The quantitative estimate of drug-likeness (QED) is 0.779. The van der Waals surface area contributed by atoms with Crippen LogP contribution in [0.1, 0.15) is 33.6 Å². The lowest BCUT2D eigenvalue weighted by molar-refractivity contribution is -0.130. The van der Waals surface area contributed by atoms with E-state index in [-0.39, 0.29) is 12.8 Å². The van der Waals surface area contributed by atoms with Crippen molar-refractivity contribution in [3.05, 3.63) is 0 Å². The zero-order chi connectivity index (χ0) is 13.3. The van der Waals surface area contributed by atoms with Crippen LogP contribution < -0.4 is 5.32 Å². The van der Waals surface area contributed by atoms with E-state index in [0.717, 1.165) is 0 Å². The summed E-state index contributed by atoms with van der Waals surface area (Å²) in [6.45, 7) is 5.04. The third-order valence-electron chi connectivity index (χ3n) is 2.46. The molecular weight excluding hydrogens is 232 g/mol. The van der Waals surface area contributed by atoms with Crippen LogP contribution in [0.2, 0.25) is 0 Å². The molecule has 0 aromatic carbocycles. The van der Waals surface area contributed by atoms with Gasteiger partial charge >= 0.3 is 6.09 Å². The molecule has 0 aliphatic heterocycles. The molecule has 0 heterocycles. The Morgan fingerprint density at radius 1 is 1.47 bits per heavy atom. The highest BCUT2D eigenvalue weighted by Gasteiger charge is 2.49. The molecule has 1 aliphatic carbocycles. The van der Waals surface area contributed by atoms with Gasteiger partial charge in [0.25, 0.3) is 0 Å². The minimum absolute atomic E-state index is 0.369. The summed E-state index contributed by atoms with van der Waals surface area (Å²) >= 11 is 0. The van der Waals surface area contributed by atoms with Crippen molar-refractivity contribution in [1.82, 2.24) is 5.32 Å². The molecule has 0 radical (unpaired) electrons. The van der Waals surface area contributed by atoms with Crippen molar-refractivity contribution >= 4 is 12.4 Å². The molecule has 1 N–H and O–H groups in total. The Morgan fingerprint density at radius 2 is 2.00 bits per heavy atom. The van der Waals surface area contributed by atoms with E-state index in [4.69, 9.17) is 4.74 Å². The molecule has 0 aromatic rings. The normalized spacial score (nSPS) is 21.2. The summed E-state index contributed by atoms with van der Waals surface area (Å²) in [5.41, 5.74) is -0.679. The molecule has 1 amide bonds. The van der Waals surface area contributed by atoms with Crippen LogP contribution in [0.25, 0.3) is 0 Å². The average molecular weight is 249 g/mol. The number of ether oxygens (including phenoxy) is 1. The van der Waals surface area contributed by atoms with Crippen molar-refractivity contribution in [2.75, 3.05) is 0 Å². The molecule has 0 aromatic heterocycles. The first-order valence-corrected chi connectivity index (χ1v) is 5.45. The third kappa shape index (κ3) is 4.28. The van der Waals surface area contributed by atoms with Gasteiger partial charge in [0.05, 0.1) is 6.04 Å². The van der Waals surface area contributed by atoms with E-state index in [1.807, 2.05) is 0 Å². The molecular formula is C11H17F2NO3. The van der Waals surface area contributed by atoms with Crippen LogP contribution in [0.5, 0.6) is 0 Å². The maximum Gasteiger partial charge on any atom is 0.408 e. The van der Waals surface area contributed by atoms with Gasteiger partial charge in [-0.25, -0.2) is 13.6 Å². The van der Waals surface area contributed by atoms with Crippen molar-refractivity contribution in [1.29, 1.82) is 0 Å². The summed E-state index contributed by atoms with van der Waals surface area (Å²) in [7, 11) is 0. The van der Waals surface area contributed by atoms with Crippen LogP contribution in [0.4, 0.5) is 13.6 Å². The van der Waals surface area contributed by atoms with E-state index in [9.17, 15) is 18.4 Å². The molecule has 4 nitrogen and oxygen atoms in total. The van der Waals surface area contributed by atoms with E-state index >= 15 is 0 Å². The molecule has 0 bridgehead atoms. The van der Waals surface area contributed by atoms with Crippen molar-refractivity contribution in [3.63, 3.8) is 0 Å². The molecule has 98 valence electrons. The Labute approximate surface area is 98.7 Å². The monoisotopic (exact) mass is 249 g/mol. The number of amides is 1. The lowest BCUT2D eigenvalue weighted by atomic mass is 9.77. The minimum atomic E-state index is -2.71. The number of hydrogen-bond donors (Lipinski definition) is 1. The zero-order valence-corrected chi connectivity index (χ0v) is 10.1. The summed E-state index contributed by atoms with van der Waals surface area (Å²) in [5.74, 6) is -3.21. The highest BCUT2D eigenvalue weighted by Crippen LogP contribution is 2.43. The molecule has 1 saturated carbocycles. The Morgan fingerprint density at radius 3 is 2.35 bits per heavy atom. The number of halogens is 2. The SMILES string of the molecule is CC(C)(C)OC(=O)N[C@H](C=O)C1CC(F)(F)C1. The van der Waals surface area contributed by atoms with Crippen LogP contribution in [-0.4, -0.2) is 29.9 Å². The first-order valence-electron chi connectivity index (χ1n) is 5.45. The van der Waals surface area contributed by atoms with Gasteiger partial charge in [-0.2, -0.15) is 0 Å². The van der Waals surface area contributed by atoms with Gasteiger partial charge in [-0.1, -0.05) is 0 Å². The largest absolute Gasteiger partial charge is 0.444 e. The fourth-order valence-corrected chi connectivity index (χ4v) is 1.67. The van der Waals surface area contributed by atoms with Crippen molar-refractivity contribution < 1.29 is 23.1 Å². The van der Waals surface area contributed by atoms with E-state index in [0.29, 0.717) is 6.29 Å². The zero-order valence-electron chi connectivity index (χ0n) is 10.1. The van der Waals surface area contributed by atoms with Gasteiger partial charge in [0.2, 0.25) is 5.92 Å². The first-order chi connectivity index (χ1) is 7.63. The standard InChI is InChI=1S/C11H17F2NO3/c1-10(2,3)17-9(16)14-8(6-15)7-4-11(12,13)5-7/h6-8H,4-5H2,1-3H3,(H,14,16)/t8-/m1/s1. The molecule has 0 saturated heterocycles. The summed E-state index contributed by atoms with van der Waals surface area (Å²) in [6, 6.07) is -0.899. The summed E-state index contributed by atoms with van der Waals surface area (Å²) in [6.07, 6.45) is -1.02. The molecule has 1 rings (SSSR count). The third-order valence-corrected chi connectivity index (χ3v) is 2.46. The smallest absolute Gasteiger partial charge is 0.408 e. The van der Waals surface area contributed by atoms with Crippen LogP contribution in [-0.2, 0) is 9.53 Å². The second kappa shape index (κ2) is 4.58. The van der Waals surface area contributed by atoms with Gasteiger partial charge in [0.15, 0.2) is 0 Å². The lowest BCUT2D eigenvalue weighted by Gasteiger charge is -2.38. The van der Waals surface area contributed by atoms with Crippen LogP contribution >= 0.6 is 0 Å². The fourth-order valence-electron chi connectivity index (χ4n) is 1.67. The van der Waals surface area contributed by atoms with Gasteiger partial charge < -0.3 is 14.8 Å². The molecule has 0 unspecified atom stereocenters. The lowest BCUT2D eigenvalue weighted by Crippen LogP contribution is -2.51. The summed E-state index contributed by atoms with van der Waals surface area (Å²) in [5, 5.41) is 2.30. The number of carbonyl (C=O) groups is 2. The Kier molecular flexibility index (Phi) is 3.74.